The molecule has 29 heavy (non-hydrogen) atoms. The minimum absolute atomic E-state index is 0.0484. The molecule has 0 bridgehead atoms. The zero-order valence-electron chi connectivity index (χ0n) is 17.3. The van der Waals surface area contributed by atoms with Gasteiger partial charge in [-0.25, -0.2) is 4.79 Å². The van der Waals surface area contributed by atoms with Gasteiger partial charge in [0, 0.05) is 37.3 Å². The summed E-state index contributed by atoms with van der Waals surface area (Å²) < 4.78 is 5.40. The molecule has 0 aliphatic carbocycles. The van der Waals surface area contributed by atoms with E-state index in [0.717, 1.165) is 28.1 Å². The van der Waals surface area contributed by atoms with Gasteiger partial charge in [0.1, 0.15) is 11.3 Å². The molecule has 1 aliphatic rings. The van der Waals surface area contributed by atoms with E-state index in [2.05, 4.69) is 39.7 Å². The second-order valence-corrected chi connectivity index (χ2v) is 7.86. The van der Waals surface area contributed by atoms with Crippen LogP contribution in [0.25, 0.3) is 11.0 Å². The highest BCUT2D eigenvalue weighted by Gasteiger charge is 2.26. The predicted octanol–water partition coefficient (Wildman–Crippen LogP) is 3.93. The summed E-state index contributed by atoms with van der Waals surface area (Å²) in [6, 6.07) is 10.2. The molecule has 0 spiro atoms. The number of phenolic OH excluding ortho intramolecular Hbond substituents is 1. The smallest absolute Gasteiger partial charge is 0.339 e. The average molecular weight is 391 g/mol. The molecular weight excluding hydrogens is 366 g/mol. The highest BCUT2D eigenvalue weighted by molar-refractivity contribution is 6.09. The van der Waals surface area contributed by atoms with Crippen molar-refractivity contribution in [1.29, 1.82) is 0 Å². The number of aromatic hydroxyl groups is 1. The zero-order chi connectivity index (χ0) is 20.9. The molecule has 6 heteroatoms. The molecule has 1 aliphatic heterocycles. The number of nitrogens with one attached hydrogen (secondary N) is 1. The third-order valence-corrected chi connectivity index (χ3v) is 5.76. The topological polar surface area (TPSA) is 78.1 Å². The molecule has 0 saturated heterocycles. The van der Waals surface area contributed by atoms with E-state index in [4.69, 9.17) is 4.42 Å². The summed E-state index contributed by atoms with van der Waals surface area (Å²) in [5.74, 6) is 0.119. The van der Waals surface area contributed by atoms with E-state index < -0.39 is 0 Å². The highest BCUT2D eigenvalue weighted by Crippen LogP contribution is 2.37. The van der Waals surface area contributed by atoms with Crippen LogP contribution in [0.4, 0.5) is 5.69 Å². The number of phenols is 1. The molecule has 150 valence electrons. The first-order chi connectivity index (χ1) is 13.8. The molecule has 1 atom stereocenters. The van der Waals surface area contributed by atoms with Crippen molar-refractivity contribution in [1.82, 2.24) is 5.43 Å². The van der Waals surface area contributed by atoms with E-state index in [1.54, 1.807) is 13.0 Å². The zero-order valence-corrected chi connectivity index (χ0v) is 17.3. The predicted molar refractivity (Wildman–Crippen MR) is 116 cm³/mol. The van der Waals surface area contributed by atoms with Crippen molar-refractivity contribution in [3.8, 4) is 5.75 Å². The maximum atomic E-state index is 12.0. The van der Waals surface area contributed by atoms with Crippen LogP contribution >= 0.6 is 0 Å². The van der Waals surface area contributed by atoms with Gasteiger partial charge < -0.3 is 19.8 Å². The molecule has 0 fully saturated rings. The molecule has 2 aromatic carbocycles. The molecule has 0 saturated carbocycles. The van der Waals surface area contributed by atoms with Gasteiger partial charge in [-0.05, 0) is 55.7 Å². The van der Waals surface area contributed by atoms with E-state index in [0.29, 0.717) is 28.5 Å². The number of hydrazone groups is 1. The van der Waals surface area contributed by atoms with Gasteiger partial charge in [-0.1, -0.05) is 12.1 Å². The van der Waals surface area contributed by atoms with Gasteiger partial charge in [0.25, 0.3) is 0 Å². The number of nitrogens with zero attached hydrogens (tertiary/aromatic N) is 2. The van der Waals surface area contributed by atoms with Crippen LogP contribution in [0.3, 0.4) is 0 Å². The number of aryl methyl sites for hydroxylation is 2. The number of benzene rings is 2. The first-order valence-electron chi connectivity index (χ1n) is 9.64. The Morgan fingerprint density at radius 2 is 1.83 bits per heavy atom. The standard InChI is InChI=1S/C23H25N3O3/c1-12-10-19-21(13(2)14(3)23(28)29-19)22(27)20(12)18-11-17(24-25-18)15-6-8-16(9-7-15)26(4)5/h6-10,17,24,27H,11H2,1-5H3/t17-/m1/s1. The van der Waals surface area contributed by atoms with E-state index in [1.165, 1.54) is 0 Å². The van der Waals surface area contributed by atoms with Crippen molar-refractivity contribution < 1.29 is 9.52 Å². The van der Waals surface area contributed by atoms with Gasteiger partial charge in [-0.3, -0.25) is 0 Å². The Balaban J connectivity index is 1.71. The Labute approximate surface area is 169 Å². The molecule has 4 rings (SSSR count). The van der Waals surface area contributed by atoms with E-state index in [9.17, 15) is 9.90 Å². The second kappa shape index (κ2) is 6.95. The molecule has 6 nitrogen and oxygen atoms in total. The van der Waals surface area contributed by atoms with Crippen molar-refractivity contribution in [3.05, 3.63) is 68.6 Å². The van der Waals surface area contributed by atoms with Gasteiger partial charge >= 0.3 is 5.63 Å². The fraction of sp³-hybridized carbons (Fsp3) is 0.304. The van der Waals surface area contributed by atoms with Crippen molar-refractivity contribution in [3.63, 3.8) is 0 Å². The highest BCUT2D eigenvalue weighted by atomic mass is 16.4. The maximum absolute atomic E-state index is 12.0. The molecule has 0 amide bonds. The minimum Gasteiger partial charge on any atom is -0.506 e. The Morgan fingerprint density at radius 3 is 2.48 bits per heavy atom. The van der Waals surface area contributed by atoms with E-state index >= 15 is 0 Å². The summed E-state index contributed by atoms with van der Waals surface area (Å²) >= 11 is 0. The molecule has 1 aromatic heterocycles. The molecule has 0 unspecified atom stereocenters. The van der Waals surface area contributed by atoms with Gasteiger partial charge in [-0.2, -0.15) is 5.10 Å². The van der Waals surface area contributed by atoms with Crippen molar-refractivity contribution >= 4 is 22.4 Å². The maximum Gasteiger partial charge on any atom is 0.339 e. The van der Waals surface area contributed by atoms with Crippen LogP contribution in [0.1, 0.15) is 40.3 Å². The lowest BCUT2D eigenvalue weighted by molar-refractivity contribution is 0.476. The van der Waals surface area contributed by atoms with Crippen LogP contribution in [0.2, 0.25) is 0 Å². The summed E-state index contributed by atoms with van der Waals surface area (Å²) in [5, 5.41) is 16.2. The monoisotopic (exact) mass is 391 g/mol. The first-order valence-corrected chi connectivity index (χ1v) is 9.64. The minimum atomic E-state index is -0.373. The van der Waals surface area contributed by atoms with Crippen molar-refractivity contribution in [2.75, 3.05) is 19.0 Å². The Bertz CT molecular complexity index is 1190. The number of rotatable bonds is 3. The van der Waals surface area contributed by atoms with Crippen LogP contribution in [0.5, 0.6) is 5.75 Å². The van der Waals surface area contributed by atoms with Crippen LogP contribution in [-0.2, 0) is 0 Å². The lowest BCUT2D eigenvalue weighted by Gasteiger charge is -2.16. The Kier molecular flexibility index (Phi) is 4.57. The summed E-state index contributed by atoms with van der Waals surface area (Å²) in [6.07, 6.45) is 0.663. The normalized spacial score (nSPS) is 16.0. The van der Waals surface area contributed by atoms with Crippen LogP contribution in [0, 0.1) is 20.8 Å². The van der Waals surface area contributed by atoms with Crippen molar-refractivity contribution in [2.45, 2.75) is 33.2 Å². The number of fused-ring (bicyclic) bond motifs is 1. The van der Waals surface area contributed by atoms with Gasteiger partial charge in [0.15, 0.2) is 0 Å². The number of hydrogen-bond donors (Lipinski definition) is 2. The summed E-state index contributed by atoms with van der Waals surface area (Å²) in [4.78, 5) is 14.1. The molecule has 2 heterocycles. The van der Waals surface area contributed by atoms with Crippen LogP contribution in [0.15, 0.2) is 44.6 Å². The number of hydrogen-bond acceptors (Lipinski definition) is 6. The Morgan fingerprint density at radius 1 is 1.14 bits per heavy atom. The lowest BCUT2D eigenvalue weighted by Crippen LogP contribution is -2.12. The van der Waals surface area contributed by atoms with E-state index in [1.807, 2.05) is 27.9 Å². The van der Waals surface area contributed by atoms with Crippen LogP contribution in [-0.4, -0.2) is 24.9 Å². The third-order valence-electron chi connectivity index (χ3n) is 5.76. The molecule has 3 aromatic rings. The van der Waals surface area contributed by atoms with Gasteiger partial charge in [-0.15, -0.1) is 0 Å². The van der Waals surface area contributed by atoms with Gasteiger partial charge in [0.05, 0.1) is 17.1 Å². The fourth-order valence-electron chi connectivity index (χ4n) is 3.89. The van der Waals surface area contributed by atoms with Crippen molar-refractivity contribution in [2.24, 2.45) is 5.10 Å². The fourth-order valence-corrected chi connectivity index (χ4v) is 3.89. The Hall–Kier alpha value is -3.28. The summed E-state index contributed by atoms with van der Waals surface area (Å²) in [7, 11) is 4.03. The quantitative estimate of drug-likeness (QED) is 0.662. The molecule has 0 radical (unpaired) electrons. The largest absolute Gasteiger partial charge is 0.506 e. The molecular formula is C23H25N3O3. The lowest BCUT2D eigenvalue weighted by atomic mass is 9.93. The van der Waals surface area contributed by atoms with Crippen LogP contribution < -0.4 is 16.0 Å². The third kappa shape index (κ3) is 3.14. The van der Waals surface area contributed by atoms with Gasteiger partial charge in [0.2, 0.25) is 0 Å². The SMILES string of the molecule is Cc1cc2oc(=O)c(C)c(C)c2c(O)c1C1=NN[C@@H](c2ccc(N(C)C)cc2)C1. The number of anilines is 1. The molecule has 2 N–H and O–H groups in total. The first kappa shape index (κ1) is 19.1. The second-order valence-electron chi connectivity index (χ2n) is 7.86. The summed E-state index contributed by atoms with van der Waals surface area (Å²) in [6.45, 7) is 5.43. The summed E-state index contributed by atoms with van der Waals surface area (Å²) in [5.41, 5.74) is 9.08. The van der Waals surface area contributed by atoms with E-state index in [-0.39, 0.29) is 17.4 Å². The average Bonchev–Trinajstić information content (AvgIpc) is 3.15.